The van der Waals surface area contributed by atoms with Crippen molar-refractivity contribution in [3.63, 3.8) is 0 Å². The zero-order chi connectivity index (χ0) is 27.8. The molecule has 3 saturated carbocycles. The van der Waals surface area contributed by atoms with Crippen LogP contribution in [0, 0.1) is 29.1 Å². The van der Waals surface area contributed by atoms with Gasteiger partial charge in [0.05, 0.1) is 35.7 Å². The Morgan fingerprint density at radius 2 is 1.76 bits per heavy atom. The molecule has 3 aliphatic carbocycles. The van der Waals surface area contributed by atoms with Crippen LogP contribution in [0.2, 0.25) is 0 Å². The fourth-order valence-electron chi connectivity index (χ4n) is 7.56. The number of ketones is 2. The van der Waals surface area contributed by atoms with Crippen molar-refractivity contribution in [3.05, 3.63) is 35.9 Å². The monoisotopic (exact) mass is 530 g/mol. The molecule has 10 nitrogen and oxygen atoms in total. The van der Waals surface area contributed by atoms with Crippen LogP contribution in [0.5, 0.6) is 0 Å². The number of fused-ring (bicyclic) bond motifs is 5. The Morgan fingerprint density at radius 3 is 2.34 bits per heavy atom. The maximum absolute atomic E-state index is 14.1. The standard InChI is InChI=1S/C28H34O10/c1-13-17(30)11-27(35)14(2)20(13)21(32)23(33)26(4)18(31)10-19-28(12-36-19,38-15(3)29)22(26)24(27)37-25(34)16-8-6-5-7-9-16/h5-9,13-14,17-20,22,24,30-31,35H,10-12H2,1-4H3/t13?,14-,17?,18?,19?,20?,22?,24?,26-,27?,28+/m1/s1. The minimum Gasteiger partial charge on any atom is -0.455 e. The highest BCUT2D eigenvalue weighted by atomic mass is 16.6. The van der Waals surface area contributed by atoms with E-state index in [-0.39, 0.29) is 25.0 Å². The van der Waals surface area contributed by atoms with Gasteiger partial charge in [-0.1, -0.05) is 32.0 Å². The van der Waals surface area contributed by atoms with Crippen LogP contribution in [0.3, 0.4) is 0 Å². The second-order valence-electron chi connectivity index (χ2n) is 11.7. The lowest BCUT2D eigenvalue weighted by atomic mass is 9.45. The van der Waals surface area contributed by atoms with E-state index in [2.05, 4.69) is 0 Å². The molecule has 206 valence electrons. The molecule has 1 aliphatic heterocycles. The van der Waals surface area contributed by atoms with Gasteiger partial charge in [0.1, 0.15) is 17.8 Å². The van der Waals surface area contributed by atoms with Crippen LogP contribution in [0.15, 0.2) is 30.3 Å². The van der Waals surface area contributed by atoms with E-state index in [4.69, 9.17) is 14.2 Å². The number of carbonyl (C=O) groups excluding carboxylic acids is 4. The molecule has 38 heavy (non-hydrogen) atoms. The summed E-state index contributed by atoms with van der Waals surface area (Å²) < 4.78 is 17.6. The lowest BCUT2D eigenvalue weighted by molar-refractivity contribution is -0.344. The van der Waals surface area contributed by atoms with Gasteiger partial charge in [0, 0.05) is 25.7 Å². The van der Waals surface area contributed by atoms with Gasteiger partial charge in [-0.25, -0.2) is 4.79 Å². The van der Waals surface area contributed by atoms with Crippen LogP contribution in [0.4, 0.5) is 0 Å². The molecule has 3 N–H and O–H groups in total. The quantitative estimate of drug-likeness (QED) is 0.378. The Labute approximate surface area is 220 Å². The van der Waals surface area contributed by atoms with Gasteiger partial charge in [-0.3, -0.25) is 14.4 Å². The first kappa shape index (κ1) is 26.9. The summed E-state index contributed by atoms with van der Waals surface area (Å²) in [5.41, 5.74) is -5.28. The maximum Gasteiger partial charge on any atom is 0.338 e. The van der Waals surface area contributed by atoms with Gasteiger partial charge < -0.3 is 29.5 Å². The molecule has 1 aromatic carbocycles. The van der Waals surface area contributed by atoms with E-state index in [0.29, 0.717) is 0 Å². The van der Waals surface area contributed by atoms with E-state index < -0.39 is 88.2 Å². The minimum absolute atomic E-state index is 0.102. The number of carbonyl (C=O) groups is 4. The molecule has 5 rings (SSSR count). The number of Topliss-reactive ketones (excluding diaryl/α,β-unsaturated/α-hetero) is 2. The number of ether oxygens (including phenoxy) is 3. The molecule has 2 bridgehead atoms. The summed E-state index contributed by atoms with van der Waals surface area (Å²) in [4.78, 5) is 53.7. The predicted molar refractivity (Wildman–Crippen MR) is 130 cm³/mol. The van der Waals surface area contributed by atoms with Gasteiger partial charge >= 0.3 is 11.9 Å². The van der Waals surface area contributed by atoms with E-state index >= 15 is 0 Å². The van der Waals surface area contributed by atoms with Crippen molar-refractivity contribution in [1.82, 2.24) is 0 Å². The Balaban J connectivity index is 1.76. The normalized spacial score (nSPS) is 46.0. The molecule has 0 amide bonds. The first-order valence-electron chi connectivity index (χ1n) is 13.0. The molecular weight excluding hydrogens is 496 g/mol. The zero-order valence-electron chi connectivity index (χ0n) is 21.8. The number of rotatable bonds is 3. The molecule has 0 aromatic heterocycles. The average Bonchev–Trinajstić information content (AvgIpc) is 2.87. The maximum atomic E-state index is 14.1. The van der Waals surface area contributed by atoms with Crippen molar-refractivity contribution in [2.75, 3.05) is 6.61 Å². The lowest BCUT2D eigenvalue weighted by Gasteiger charge is -2.66. The van der Waals surface area contributed by atoms with Gasteiger partial charge in [-0.2, -0.15) is 0 Å². The summed E-state index contributed by atoms with van der Waals surface area (Å²) in [6.07, 6.45) is -5.37. The van der Waals surface area contributed by atoms with Crippen LogP contribution in [-0.2, 0) is 28.6 Å². The Bertz CT molecular complexity index is 1170. The van der Waals surface area contributed by atoms with Gasteiger partial charge in [-0.15, -0.1) is 0 Å². The van der Waals surface area contributed by atoms with E-state index in [1.54, 1.807) is 32.0 Å². The van der Waals surface area contributed by atoms with Crippen LogP contribution in [-0.4, -0.2) is 81.0 Å². The smallest absolute Gasteiger partial charge is 0.338 e. The van der Waals surface area contributed by atoms with Crippen molar-refractivity contribution in [1.29, 1.82) is 0 Å². The number of hydrogen-bond acceptors (Lipinski definition) is 10. The first-order valence-corrected chi connectivity index (χ1v) is 13.0. The highest BCUT2D eigenvalue weighted by Gasteiger charge is 2.77. The van der Waals surface area contributed by atoms with E-state index in [0.717, 1.165) is 0 Å². The highest BCUT2D eigenvalue weighted by molar-refractivity contribution is 6.40. The third-order valence-corrected chi connectivity index (χ3v) is 9.78. The van der Waals surface area contributed by atoms with E-state index in [1.807, 2.05) is 0 Å². The Hall–Kier alpha value is -2.66. The third-order valence-electron chi connectivity index (χ3n) is 9.78. The summed E-state index contributed by atoms with van der Waals surface area (Å²) in [7, 11) is 0. The summed E-state index contributed by atoms with van der Waals surface area (Å²) in [5.74, 6) is -7.25. The molecule has 11 atom stereocenters. The molecule has 1 heterocycles. The van der Waals surface area contributed by atoms with Crippen LogP contribution >= 0.6 is 0 Å². The third kappa shape index (κ3) is 3.53. The van der Waals surface area contributed by atoms with E-state index in [9.17, 15) is 34.5 Å². The minimum atomic E-state index is -2.01. The van der Waals surface area contributed by atoms with Gasteiger partial charge in [0.2, 0.25) is 11.6 Å². The van der Waals surface area contributed by atoms with Crippen molar-refractivity contribution < 1.29 is 48.7 Å². The van der Waals surface area contributed by atoms with Gasteiger partial charge in [-0.05, 0) is 30.9 Å². The topological polar surface area (TPSA) is 157 Å². The molecule has 10 heteroatoms. The fraction of sp³-hybridized carbons (Fsp3) is 0.643. The molecule has 4 aliphatic rings. The molecule has 8 unspecified atom stereocenters. The molecular formula is C28H34O10. The molecule has 4 fully saturated rings. The fourth-order valence-corrected chi connectivity index (χ4v) is 7.56. The largest absolute Gasteiger partial charge is 0.455 e. The first-order chi connectivity index (χ1) is 17.8. The van der Waals surface area contributed by atoms with Crippen molar-refractivity contribution in [2.24, 2.45) is 29.1 Å². The van der Waals surface area contributed by atoms with Crippen LogP contribution in [0.1, 0.15) is 50.9 Å². The number of benzene rings is 1. The summed E-state index contributed by atoms with van der Waals surface area (Å²) >= 11 is 0. The van der Waals surface area contributed by atoms with Crippen LogP contribution in [0.25, 0.3) is 0 Å². The SMILES string of the molecule is CC(=O)O[C@@]12COC1CC(O)[C@@]1(C)C(=O)C(=O)C3C(C)C(O)CC(O)(C(OC(=O)c4ccccc4)C21)[C@@H]3C. The predicted octanol–water partition coefficient (Wildman–Crippen LogP) is 0.836. The summed E-state index contributed by atoms with van der Waals surface area (Å²) in [6, 6.07) is 8.05. The number of esters is 2. The number of aliphatic hydroxyl groups excluding tert-OH is 2. The second kappa shape index (κ2) is 8.94. The molecule has 1 aromatic rings. The van der Waals surface area contributed by atoms with Gasteiger partial charge in [0.25, 0.3) is 0 Å². The Kier molecular flexibility index (Phi) is 6.34. The van der Waals surface area contributed by atoms with Gasteiger partial charge in [0.15, 0.2) is 5.60 Å². The molecule has 1 saturated heterocycles. The average molecular weight is 531 g/mol. The molecule has 0 spiro atoms. The van der Waals surface area contributed by atoms with Crippen molar-refractivity contribution in [2.45, 2.75) is 76.2 Å². The zero-order valence-corrected chi connectivity index (χ0v) is 21.8. The van der Waals surface area contributed by atoms with Crippen molar-refractivity contribution in [3.8, 4) is 0 Å². The highest BCUT2D eigenvalue weighted by Crippen LogP contribution is 2.61. The lowest BCUT2D eigenvalue weighted by Crippen LogP contribution is -2.81. The number of hydrogen-bond donors (Lipinski definition) is 3. The van der Waals surface area contributed by atoms with Crippen LogP contribution < -0.4 is 0 Å². The van der Waals surface area contributed by atoms with Crippen molar-refractivity contribution >= 4 is 23.5 Å². The number of aliphatic hydroxyl groups is 3. The van der Waals surface area contributed by atoms with E-state index in [1.165, 1.54) is 26.0 Å². The Morgan fingerprint density at radius 1 is 1.11 bits per heavy atom. The summed E-state index contributed by atoms with van der Waals surface area (Å²) in [6.45, 7) is 5.64. The molecule has 0 radical (unpaired) electrons. The second-order valence-corrected chi connectivity index (χ2v) is 11.7. The summed E-state index contributed by atoms with van der Waals surface area (Å²) in [5, 5.41) is 34.7.